The molecule has 2 rings (SSSR count). The molecule has 0 aliphatic heterocycles. The molecule has 0 aliphatic carbocycles. The number of nitro benzene ring substituents is 1. The van der Waals surface area contributed by atoms with Gasteiger partial charge in [-0.1, -0.05) is 12.1 Å². The third kappa shape index (κ3) is 4.84. The minimum Gasteiger partial charge on any atom is -0.475 e. The fraction of sp³-hybridized carbons (Fsp3) is 0.250. The van der Waals surface area contributed by atoms with Gasteiger partial charge in [-0.15, -0.1) is 11.3 Å². The number of carbonyl (C=O) groups is 2. The second kappa shape index (κ2) is 8.68. The molecule has 0 spiro atoms. The number of para-hydroxylation sites is 2. The first-order valence-corrected chi connectivity index (χ1v) is 8.16. The summed E-state index contributed by atoms with van der Waals surface area (Å²) in [6.07, 6.45) is 0. The number of nitro groups is 1. The van der Waals surface area contributed by atoms with Crippen molar-refractivity contribution in [2.24, 2.45) is 0 Å². The van der Waals surface area contributed by atoms with Gasteiger partial charge in [0.2, 0.25) is 0 Å². The van der Waals surface area contributed by atoms with E-state index in [2.05, 4.69) is 4.98 Å². The maximum atomic E-state index is 12.0. The Morgan fingerprint density at radius 3 is 2.73 bits per heavy atom. The summed E-state index contributed by atoms with van der Waals surface area (Å²) >= 11 is 1.17. The number of ketones is 1. The van der Waals surface area contributed by atoms with Crippen molar-refractivity contribution in [2.45, 2.75) is 12.8 Å². The van der Waals surface area contributed by atoms with Gasteiger partial charge in [0, 0.05) is 17.1 Å². The highest BCUT2D eigenvalue weighted by atomic mass is 32.1. The van der Waals surface area contributed by atoms with E-state index in [-0.39, 0.29) is 11.4 Å². The monoisotopic (exact) mass is 375 g/mol. The van der Waals surface area contributed by atoms with Crippen molar-refractivity contribution in [3.63, 3.8) is 0 Å². The van der Waals surface area contributed by atoms with Crippen molar-refractivity contribution in [2.75, 3.05) is 13.2 Å². The van der Waals surface area contributed by atoms with Gasteiger partial charge in [0.25, 0.3) is 0 Å². The Morgan fingerprint density at radius 2 is 2.12 bits per heavy atom. The molecule has 0 radical (unpaired) electrons. The molecule has 0 unspecified atom stereocenters. The number of rotatable bonds is 8. The normalized spacial score (nSPS) is 11.2. The first-order valence-electron chi connectivity index (χ1n) is 7.28. The number of nitrogens with zero attached hydrogens (tertiary/aromatic N) is 3. The van der Waals surface area contributed by atoms with Crippen molar-refractivity contribution < 1.29 is 24.0 Å². The summed E-state index contributed by atoms with van der Waals surface area (Å²) in [6.45, 7) is 0.515. The second-order valence-corrected chi connectivity index (χ2v) is 5.92. The molecule has 0 fully saturated rings. The highest BCUT2D eigenvalue weighted by Gasteiger charge is 2.24. The maximum absolute atomic E-state index is 12.0. The van der Waals surface area contributed by atoms with Crippen LogP contribution in [0.5, 0.6) is 5.75 Å². The van der Waals surface area contributed by atoms with Crippen LogP contribution in [0.2, 0.25) is 0 Å². The zero-order chi connectivity index (χ0) is 19.1. The molecule has 134 valence electrons. The van der Waals surface area contributed by atoms with Crippen molar-refractivity contribution in [1.29, 1.82) is 5.26 Å². The number of Topliss-reactive ketones (excluding diaryl/α,β-unsaturated/α-hetero) is 1. The summed E-state index contributed by atoms with van der Waals surface area (Å²) in [6, 6.07) is 7.39. The van der Waals surface area contributed by atoms with Gasteiger partial charge in [0.15, 0.2) is 30.7 Å². The van der Waals surface area contributed by atoms with E-state index in [4.69, 9.17) is 14.7 Å². The molecular weight excluding hydrogens is 362 g/mol. The lowest BCUT2D eigenvalue weighted by molar-refractivity contribution is -0.385. The average molecular weight is 375 g/mol. The summed E-state index contributed by atoms with van der Waals surface area (Å²) < 4.78 is 9.84. The van der Waals surface area contributed by atoms with Crippen molar-refractivity contribution in [3.8, 4) is 11.8 Å². The Bertz CT molecular complexity index is 873. The third-order valence-electron chi connectivity index (χ3n) is 3.12. The predicted octanol–water partition coefficient (Wildman–Crippen LogP) is 2.16. The SMILES string of the molecule is Cc1csc([C@@H](C#N)C(=O)COC(=O)COc2ccccc2[N+](=O)[O-])n1. The van der Waals surface area contributed by atoms with Gasteiger partial charge in [-0.2, -0.15) is 5.26 Å². The molecule has 0 saturated carbocycles. The lowest BCUT2D eigenvalue weighted by Gasteiger charge is -2.08. The third-order valence-corrected chi connectivity index (χ3v) is 4.15. The Kier molecular flexibility index (Phi) is 6.35. The quantitative estimate of drug-likeness (QED) is 0.389. The Hall–Kier alpha value is -3.32. The summed E-state index contributed by atoms with van der Waals surface area (Å²) in [5, 5.41) is 22.0. The molecule has 9 nitrogen and oxygen atoms in total. The van der Waals surface area contributed by atoms with Crippen molar-refractivity contribution >= 4 is 28.8 Å². The number of ether oxygens (including phenoxy) is 2. The van der Waals surface area contributed by atoms with Gasteiger partial charge < -0.3 is 9.47 Å². The maximum Gasteiger partial charge on any atom is 0.344 e. The number of nitriles is 1. The topological polar surface area (TPSA) is 132 Å². The van der Waals surface area contributed by atoms with Gasteiger partial charge in [-0.25, -0.2) is 9.78 Å². The van der Waals surface area contributed by atoms with Crippen LogP contribution < -0.4 is 4.74 Å². The number of hydrogen-bond donors (Lipinski definition) is 0. The zero-order valence-electron chi connectivity index (χ0n) is 13.6. The van der Waals surface area contributed by atoms with Gasteiger partial charge in [0.1, 0.15) is 5.01 Å². The number of benzene rings is 1. The molecule has 1 aromatic heterocycles. The first-order chi connectivity index (χ1) is 12.4. The molecule has 0 amide bonds. The highest BCUT2D eigenvalue weighted by molar-refractivity contribution is 7.09. The van der Waals surface area contributed by atoms with Gasteiger partial charge in [-0.3, -0.25) is 14.9 Å². The fourth-order valence-electron chi connectivity index (χ4n) is 1.91. The lowest BCUT2D eigenvalue weighted by Crippen LogP contribution is -2.23. The summed E-state index contributed by atoms with van der Waals surface area (Å²) in [5.74, 6) is -2.70. The molecule has 0 N–H and O–H groups in total. The van der Waals surface area contributed by atoms with Crippen LogP contribution in [0.1, 0.15) is 16.6 Å². The number of thiazole rings is 1. The molecule has 26 heavy (non-hydrogen) atoms. The van der Waals surface area contributed by atoms with E-state index in [1.54, 1.807) is 12.3 Å². The predicted molar refractivity (Wildman–Crippen MR) is 89.8 cm³/mol. The molecule has 0 aliphatic rings. The molecular formula is C16H13N3O6S. The average Bonchev–Trinajstić information content (AvgIpc) is 3.05. The molecule has 10 heteroatoms. The van der Waals surface area contributed by atoms with Gasteiger partial charge in [-0.05, 0) is 13.0 Å². The second-order valence-electron chi connectivity index (χ2n) is 5.03. The van der Waals surface area contributed by atoms with Gasteiger partial charge in [0.05, 0.1) is 11.0 Å². The molecule has 1 atom stereocenters. The zero-order valence-corrected chi connectivity index (χ0v) is 14.4. The van der Waals surface area contributed by atoms with Crippen LogP contribution in [0.4, 0.5) is 5.69 Å². The first kappa shape index (κ1) is 19.0. The van der Waals surface area contributed by atoms with E-state index in [9.17, 15) is 19.7 Å². The van der Waals surface area contributed by atoms with E-state index in [1.165, 1.54) is 35.6 Å². The lowest BCUT2D eigenvalue weighted by atomic mass is 10.1. The number of carbonyl (C=O) groups excluding carboxylic acids is 2. The molecule has 1 aromatic carbocycles. The van der Waals surface area contributed by atoms with Crippen LogP contribution in [0.3, 0.4) is 0 Å². The van der Waals surface area contributed by atoms with Crippen LogP contribution in [-0.2, 0) is 14.3 Å². The van der Waals surface area contributed by atoms with Crippen LogP contribution in [0.25, 0.3) is 0 Å². The largest absolute Gasteiger partial charge is 0.475 e. The van der Waals surface area contributed by atoms with Crippen LogP contribution in [-0.4, -0.2) is 34.9 Å². The van der Waals surface area contributed by atoms with Crippen molar-refractivity contribution in [1.82, 2.24) is 4.98 Å². The fourth-order valence-corrected chi connectivity index (χ4v) is 2.77. The number of aromatic nitrogens is 1. The number of hydrogen-bond acceptors (Lipinski definition) is 9. The van der Waals surface area contributed by atoms with Gasteiger partial charge >= 0.3 is 11.7 Å². The summed E-state index contributed by atoms with van der Waals surface area (Å²) in [7, 11) is 0. The highest BCUT2D eigenvalue weighted by Crippen LogP contribution is 2.25. The van der Waals surface area contributed by atoms with E-state index in [0.29, 0.717) is 10.7 Å². The van der Waals surface area contributed by atoms with Crippen molar-refractivity contribution in [3.05, 3.63) is 50.5 Å². The summed E-state index contributed by atoms with van der Waals surface area (Å²) in [5.41, 5.74) is 0.396. The Balaban J connectivity index is 1.88. The Morgan fingerprint density at radius 1 is 1.38 bits per heavy atom. The van der Waals surface area contributed by atoms with Crippen LogP contribution in [0, 0.1) is 28.4 Å². The molecule has 1 heterocycles. The summed E-state index contributed by atoms with van der Waals surface area (Å²) in [4.78, 5) is 38.0. The van der Waals surface area contributed by atoms with Crippen LogP contribution >= 0.6 is 11.3 Å². The molecule has 0 bridgehead atoms. The minimum atomic E-state index is -1.11. The molecule has 0 saturated heterocycles. The standard InChI is InChI=1S/C16H13N3O6S/c1-10-9-26-16(18-10)11(6-17)13(20)7-25-15(21)8-24-14-5-3-2-4-12(14)19(22)23/h2-5,9,11H,7-8H2,1H3/t11-/m0/s1. The number of aryl methyl sites for hydroxylation is 1. The minimum absolute atomic E-state index is 0.0889. The van der Waals surface area contributed by atoms with Crippen LogP contribution in [0.15, 0.2) is 29.6 Å². The van der Waals surface area contributed by atoms with E-state index in [1.807, 2.05) is 6.07 Å². The molecule has 2 aromatic rings. The van der Waals surface area contributed by atoms with E-state index < -0.39 is 35.8 Å². The Labute approximate surface area is 151 Å². The smallest absolute Gasteiger partial charge is 0.344 e. The number of esters is 1. The van der Waals surface area contributed by atoms with E-state index >= 15 is 0 Å². The van der Waals surface area contributed by atoms with E-state index in [0.717, 1.165) is 0 Å².